The molecule has 4 atom stereocenters. The summed E-state index contributed by atoms with van der Waals surface area (Å²) in [5.41, 5.74) is 29.5. The van der Waals surface area contributed by atoms with E-state index in [-0.39, 0.29) is 64.0 Å². The van der Waals surface area contributed by atoms with E-state index in [4.69, 9.17) is 99.3 Å². The summed E-state index contributed by atoms with van der Waals surface area (Å²) in [5, 5.41) is 13.6. The number of hydrogen-bond donors (Lipinski definition) is 9. The molecule has 2 aromatic rings. The highest BCUT2D eigenvalue weighted by Crippen LogP contribution is 2.44. The molecule has 23 heteroatoms. The molecule has 0 saturated carbocycles. The summed E-state index contributed by atoms with van der Waals surface area (Å²) in [6.45, 7) is 3.14. The fraction of sp³-hybridized carbons (Fsp3) is 0.469. The van der Waals surface area contributed by atoms with Crippen molar-refractivity contribution < 1.29 is 24.3 Å². The van der Waals surface area contributed by atoms with Gasteiger partial charge >= 0.3 is 0 Å². The molecule has 2 rings (SSSR count). The zero-order valence-corrected chi connectivity index (χ0v) is 31.0. The van der Waals surface area contributed by atoms with Crippen LogP contribution in [0.3, 0.4) is 0 Å². The second-order valence-corrected chi connectivity index (χ2v) is 13.6. The first kappa shape index (κ1) is 47.0. The highest BCUT2D eigenvalue weighted by atomic mass is 16.3. The van der Waals surface area contributed by atoms with Crippen molar-refractivity contribution in [2.45, 2.75) is 80.5 Å². The number of carbonyl (C=O) groups is 4. The molecule has 0 aliphatic rings. The summed E-state index contributed by atoms with van der Waals surface area (Å²) in [7, 11) is 54.8. The van der Waals surface area contributed by atoms with Crippen LogP contribution in [-0.2, 0) is 32.0 Å². The van der Waals surface area contributed by atoms with Gasteiger partial charge < -0.3 is 49.7 Å². The number of guanidine groups is 1. The van der Waals surface area contributed by atoms with Crippen molar-refractivity contribution in [3.63, 3.8) is 0 Å². The van der Waals surface area contributed by atoms with E-state index in [1.165, 1.54) is 12.1 Å². The predicted octanol–water partition coefficient (Wildman–Crippen LogP) is -8.66. The van der Waals surface area contributed by atoms with E-state index in [1.807, 2.05) is 0 Å². The van der Waals surface area contributed by atoms with Gasteiger partial charge in [0, 0.05) is 19.4 Å². The molecule has 0 aromatic heterocycles. The number of phenols is 1. The van der Waals surface area contributed by atoms with Crippen LogP contribution in [0.1, 0.15) is 41.5 Å². The van der Waals surface area contributed by atoms with E-state index in [1.54, 1.807) is 13.8 Å². The van der Waals surface area contributed by atoms with Crippen molar-refractivity contribution in [3.8, 4) is 5.75 Å². The van der Waals surface area contributed by atoms with Gasteiger partial charge in [-0.05, 0) is 68.5 Å². The number of benzene rings is 2. The van der Waals surface area contributed by atoms with E-state index in [9.17, 15) is 24.3 Å². The number of nitrogens with two attached hydrogens (primary N) is 5. The number of nitrogens with zero attached hydrogens (tertiary/aromatic N) is 1. The maximum absolute atomic E-state index is 14.2. The Hall–Kier alpha value is -4.11. The Morgan fingerprint density at radius 3 is 1.67 bits per heavy atom. The lowest BCUT2D eigenvalue weighted by molar-refractivity contribution is -0.133. The van der Waals surface area contributed by atoms with Crippen LogP contribution in [-0.4, -0.2) is 143 Å². The summed E-state index contributed by atoms with van der Waals surface area (Å²) in [4.78, 5) is 58.1. The van der Waals surface area contributed by atoms with Gasteiger partial charge in [-0.2, -0.15) is 0 Å². The summed E-state index contributed by atoms with van der Waals surface area (Å²) < 4.78 is 0. The second kappa shape index (κ2) is 19.7. The first-order valence-electron chi connectivity index (χ1n) is 17.0. The Kier molecular flexibility index (Phi) is 16.8. The van der Waals surface area contributed by atoms with Crippen LogP contribution in [0.25, 0.3) is 0 Å². The SMILES string of the molecule is [B]c1c([B])c([B])c(C[C@H](NC(=O)[C@H](CC([B])([B])C([B])([B])CN)NC(=O)[C@H](Cc2c(C)cc(O)cc2C)NC(=O)[C@H](N)CCCN=C(N)N)C(N)=O)c([B])c1[B]. The van der Waals surface area contributed by atoms with Crippen LogP contribution in [0.15, 0.2) is 17.1 Å². The summed E-state index contributed by atoms with van der Waals surface area (Å²) in [6.07, 6.45) is -0.723. The topological polar surface area (TPSA) is 267 Å². The molecule has 0 fully saturated rings. The highest BCUT2D eigenvalue weighted by molar-refractivity contribution is 6.67. The Labute approximate surface area is 334 Å². The second-order valence-electron chi connectivity index (χ2n) is 13.6. The van der Waals surface area contributed by atoms with Gasteiger partial charge in [0.15, 0.2) is 5.96 Å². The number of aryl methyl sites for hydroxylation is 2. The lowest BCUT2D eigenvalue weighted by atomic mass is 9.28. The molecule has 0 aliphatic carbocycles. The molecule has 0 saturated heterocycles. The third kappa shape index (κ3) is 12.4. The summed E-state index contributed by atoms with van der Waals surface area (Å²) >= 11 is 0. The van der Waals surface area contributed by atoms with E-state index in [2.05, 4.69) is 20.9 Å². The maximum Gasteiger partial charge on any atom is 0.243 e. The lowest BCUT2D eigenvalue weighted by Gasteiger charge is -2.45. The van der Waals surface area contributed by atoms with E-state index >= 15 is 0 Å². The van der Waals surface area contributed by atoms with E-state index in [0.29, 0.717) is 23.1 Å². The fourth-order valence-electron chi connectivity index (χ4n) is 5.66. The molecule has 18 radical (unpaired) electrons. The van der Waals surface area contributed by atoms with Crippen LogP contribution >= 0.6 is 0 Å². The molecule has 0 unspecified atom stereocenters. The molecule has 14 nitrogen and oxygen atoms in total. The van der Waals surface area contributed by atoms with Gasteiger partial charge in [-0.3, -0.25) is 24.2 Å². The number of primary amides is 1. The van der Waals surface area contributed by atoms with Crippen molar-refractivity contribution in [2.75, 3.05) is 13.1 Å². The quantitative estimate of drug-likeness (QED) is 0.0288. The van der Waals surface area contributed by atoms with Gasteiger partial charge in [-0.15, -0.1) is 32.5 Å². The van der Waals surface area contributed by atoms with Gasteiger partial charge in [0.2, 0.25) is 23.6 Å². The van der Waals surface area contributed by atoms with Crippen molar-refractivity contribution in [1.82, 2.24) is 16.0 Å². The molecule has 0 heterocycles. The molecule has 0 spiro atoms. The minimum atomic E-state index is -2.13. The van der Waals surface area contributed by atoms with Crippen LogP contribution in [0, 0.1) is 13.8 Å². The first-order chi connectivity index (χ1) is 25.3. The van der Waals surface area contributed by atoms with Gasteiger partial charge in [-0.1, -0.05) is 10.8 Å². The van der Waals surface area contributed by atoms with E-state index in [0.717, 1.165) is 0 Å². The van der Waals surface area contributed by atoms with E-state index < -0.39 is 77.6 Å². The maximum atomic E-state index is 14.2. The number of aliphatic imine (C=N–C) groups is 1. The lowest BCUT2D eigenvalue weighted by Crippen LogP contribution is -2.60. The van der Waals surface area contributed by atoms with Gasteiger partial charge in [0.1, 0.15) is 63.1 Å². The van der Waals surface area contributed by atoms with Crippen molar-refractivity contribution in [1.29, 1.82) is 0 Å². The van der Waals surface area contributed by atoms with Crippen molar-refractivity contribution >= 4 is 128 Å². The largest absolute Gasteiger partial charge is 0.508 e. The molecule has 0 bridgehead atoms. The molecule has 270 valence electrons. The van der Waals surface area contributed by atoms with Gasteiger partial charge in [0.25, 0.3) is 0 Å². The number of hydrogen-bond acceptors (Lipinski definition) is 8. The first-order valence-corrected chi connectivity index (χ1v) is 17.0. The third-order valence-corrected chi connectivity index (χ3v) is 9.28. The molecule has 55 heavy (non-hydrogen) atoms. The normalized spacial score (nSPS) is 13.8. The highest BCUT2D eigenvalue weighted by Gasteiger charge is 2.39. The number of carbonyl (C=O) groups excluding carboxylic acids is 4. The van der Waals surface area contributed by atoms with Gasteiger partial charge in [0.05, 0.1) is 37.4 Å². The molecule has 0 aliphatic heterocycles. The summed E-state index contributed by atoms with van der Waals surface area (Å²) in [5.74, 6) is -3.88. The number of amides is 4. The number of rotatable bonds is 19. The minimum Gasteiger partial charge on any atom is -0.508 e. The molecule has 2 aromatic carbocycles. The van der Waals surface area contributed by atoms with Crippen LogP contribution in [0.4, 0.5) is 0 Å². The molecule has 4 amide bonds. The van der Waals surface area contributed by atoms with Crippen LogP contribution in [0.2, 0.25) is 10.4 Å². The van der Waals surface area contributed by atoms with Crippen LogP contribution in [0.5, 0.6) is 5.75 Å². The van der Waals surface area contributed by atoms with Crippen LogP contribution < -0.4 is 71.9 Å². The van der Waals surface area contributed by atoms with Crippen molar-refractivity contribution in [3.05, 3.63) is 34.4 Å². The third-order valence-electron chi connectivity index (χ3n) is 9.28. The average Bonchev–Trinajstić information content (AvgIpc) is 3.09. The number of aromatic hydroxyl groups is 1. The predicted molar refractivity (Wildman–Crippen MR) is 223 cm³/mol. The zero-order valence-electron chi connectivity index (χ0n) is 31.0. The summed E-state index contributed by atoms with van der Waals surface area (Å²) in [6, 6.07) is -2.77. The number of phenolic OH excluding ortho intramolecular Hbond substituents is 1. The Morgan fingerprint density at radius 2 is 1.18 bits per heavy atom. The Bertz CT molecular complexity index is 1740. The monoisotopic (exact) mass is 729 g/mol. The fourth-order valence-corrected chi connectivity index (χ4v) is 5.66. The zero-order chi connectivity index (χ0) is 42.2. The standard InChI is InChI=1S/C32H40B9N9O5/c1-12-6-14(51)7-13(2)15(12)8-19(49-27(53)17(43)4-3-5-47-30(45)46)28(54)50-20(10-31(38,39)32(40,41)11-42)29(55)48-18(26(44)52)9-16-21(33)23(35)25(37)24(36)22(16)34/h6-7,17-20,51H,3-5,8-11,42-43H2,1-2H3,(H2,44,52)(H,48,55)(H,49,53)(H,50,54)(H4,45,46,47)/t17-,18+,19+,20+/m1/s1. The number of nitrogens with one attached hydrogen (secondary N) is 3. The minimum absolute atomic E-state index is 0.0191. The van der Waals surface area contributed by atoms with Gasteiger partial charge in [-0.25, -0.2) is 0 Å². The smallest absolute Gasteiger partial charge is 0.243 e. The Morgan fingerprint density at radius 1 is 0.727 bits per heavy atom. The van der Waals surface area contributed by atoms with Crippen molar-refractivity contribution in [2.24, 2.45) is 33.7 Å². The molecule has 14 N–H and O–H groups in total. The molecular formula is C32H40B9N9O5. The molecular weight excluding hydrogens is 688 g/mol. The average molecular weight is 728 g/mol. The Balaban J connectivity index is 2.57.